The van der Waals surface area contributed by atoms with Crippen molar-refractivity contribution in [3.63, 3.8) is 0 Å². The third-order valence-corrected chi connectivity index (χ3v) is 3.84. The van der Waals surface area contributed by atoms with Crippen molar-refractivity contribution in [2.45, 2.75) is 26.3 Å². The van der Waals surface area contributed by atoms with Gasteiger partial charge < -0.3 is 15.0 Å². The predicted molar refractivity (Wildman–Crippen MR) is 80.8 cm³/mol. The zero-order chi connectivity index (χ0) is 13.5. The molecule has 0 unspecified atom stereocenters. The van der Waals surface area contributed by atoms with E-state index in [1.54, 1.807) is 0 Å². The Hall–Kier alpha value is -1.48. The molecule has 0 saturated carbocycles. The molecule has 3 nitrogen and oxygen atoms in total. The largest absolute Gasteiger partial charge is 0.378 e. The van der Waals surface area contributed by atoms with Gasteiger partial charge in [-0.1, -0.05) is 6.08 Å². The van der Waals surface area contributed by atoms with Gasteiger partial charge in [0.15, 0.2) is 0 Å². The summed E-state index contributed by atoms with van der Waals surface area (Å²) in [6, 6.07) is 6.72. The van der Waals surface area contributed by atoms with Crippen molar-refractivity contribution >= 4 is 16.9 Å². The van der Waals surface area contributed by atoms with Crippen LogP contribution < -0.4 is 10.2 Å². The fourth-order valence-corrected chi connectivity index (χ4v) is 2.99. The van der Waals surface area contributed by atoms with E-state index < -0.39 is 0 Å². The van der Waals surface area contributed by atoms with Crippen molar-refractivity contribution in [3.8, 4) is 0 Å². The second-order valence-electron chi connectivity index (χ2n) is 6.00. The Balaban J connectivity index is 1.94. The molecule has 3 heteroatoms. The summed E-state index contributed by atoms with van der Waals surface area (Å²) in [5.41, 5.74) is 5.26. The van der Waals surface area contributed by atoms with E-state index >= 15 is 0 Å². The van der Waals surface area contributed by atoms with Crippen LogP contribution in [0.15, 0.2) is 24.3 Å². The molecule has 2 heterocycles. The van der Waals surface area contributed by atoms with Gasteiger partial charge >= 0.3 is 0 Å². The molecule has 19 heavy (non-hydrogen) atoms. The summed E-state index contributed by atoms with van der Waals surface area (Å²) in [7, 11) is 0. The molecule has 0 spiro atoms. The molecule has 1 saturated heterocycles. The zero-order valence-electron chi connectivity index (χ0n) is 12.0. The molecule has 1 aromatic rings. The number of benzene rings is 1. The third-order valence-electron chi connectivity index (χ3n) is 3.84. The molecule has 3 rings (SSSR count). The average molecular weight is 258 g/mol. The third kappa shape index (κ3) is 2.47. The SMILES string of the molecule is CC1=CC(C)(C)Nc2ccc(N3CCOCC3)cc21. The maximum atomic E-state index is 5.42. The Bertz CT molecular complexity index is 513. The quantitative estimate of drug-likeness (QED) is 0.837. The zero-order valence-corrected chi connectivity index (χ0v) is 12.0. The number of rotatable bonds is 1. The summed E-state index contributed by atoms with van der Waals surface area (Å²) in [4.78, 5) is 2.40. The molecule has 102 valence electrons. The first-order valence-corrected chi connectivity index (χ1v) is 7.00. The van der Waals surface area contributed by atoms with Crippen LogP contribution in [0.5, 0.6) is 0 Å². The topological polar surface area (TPSA) is 24.5 Å². The highest BCUT2D eigenvalue weighted by Gasteiger charge is 2.23. The normalized spacial score (nSPS) is 21.4. The second-order valence-corrected chi connectivity index (χ2v) is 6.00. The maximum Gasteiger partial charge on any atom is 0.0642 e. The van der Waals surface area contributed by atoms with E-state index in [4.69, 9.17) is 4.74 Å². The smallest absolute Gasteiger partial charge is 0.0642 e. The monoisotopic (exact) mass is 258 g/mol. The number of allylic oxidation sites excluding steroid dienone is 1. The van der Waals surface area contributed by atoms with Gasteiger partial charge in [0.05, 0.1) is 18.8 Å². The van der Waals surface area contributed by atoms with Crippen LogP contribution in [0.2, 0.25) is 0 Å². The molecule has 0 radical (unpaired) electrons. The van der Waals surface area contributed by atoms with Crippen LogP contribution in [-0.2, 0) is 4.74 Å². The Morgan fingerprint density at radius 2 is 1.95 bits per heavy atom. The standard InChI is InChI=1S/C16H22N2O/c1-12-11-16(2,3)17-15-5-4-13(10-14(12)15)18-6-8-19-9-7-18/h4-5,10-11,17H,6-9H2,1-3H3. The lowest BCUT2D eigenvalue weighted by Gasteiger charge is -2.34. The number of nitrogens with zero attached hydrogens (tertiary/aromatic N) is 1. The number of hydrogen-bond acceptors (Lipinski definition) is 3. The van der Waals surface area contributed by atoms with Crippen molar-refractivity contribution in [2.24, 2.45) is 0 Å². The fourth-order valence-electron chi connectivity index (χ4n) is 2.99. The number of fused-ring (bicyclic) bond motifs is 1. The number of ether oxygens (including phenoxy) is 1. The first-order valence-electron chi connectivity index (χ1n) is 7.00. The summed E-state index contributed by atoms with van der Waals surface area (Å²) in [6.45, 7) is 10.2. The Morgan fingerprint density at radius 3 is 2.68 bits per heavy atom. The lowest BCUT2D eigenvalue weighted by atomic mass is 9.91. The second kappa shape index (κ2) is 4.57. The molecule has 2 aliphatic heterocycles. The van der Waals surface area contributed by atoms with E-state index in [9.17, 15) is 0 Å². The van der Waals surface area contributed by atoms with Gasteiger partial charge in [-0.05, 0) is 44.5 Å². The van der Waals surface area contributed by atoms with E-state index in [2.05, 4.69) is 55.3 Å². The molecule has 1 fully saturated rings. The van der Waals surface area contributed by atoms with E-state index in [1.807, 2.05) is 0 Å². The van der Waals surface area contributed by atoms with Crippen LogP contribution in [0.3, 0.4) is 0 Å². The molecule has 0 amide bonds. The molecule has 1 N–H and O–H groups in total. The lowest BCUT2D eigenvalue weighted by Crippen LogP contribution is -2.36. The Labute approximate surface area is 115 Å². The van der Waals surface area contributed by atoms with Crippen molar-refractivity contribution in [3.05, 3.63) is 29.8 Å². The summed E-state index contributed by atoms with van der Waals surface area (Å²) in [5, 5.41) is 3.58. The van der Waals surface area contributed by atoms with Gasteiger partial charge in [0, 0.05) is 30.0 Å². The highest BCUT2D eigenvalue weighted by atomic mass is 16.5. The maximum absolute atomic E-state index is 5.42. The van der Waals surface area contributed by atoms with Crippen molar-refractivity contribution in [1.82, 2.24) is 0 Å². The molecular formula is C16H22N2O. The highest BCUT2D eigenvalue weighted by molar-refractivity contribution is 5.82. The summed E-state index contributed by atoms with van der Waals surface area (Å²) < 4.78 is 5.42. The van der Waals surface area contributed by atoms with Gasteiger partial charge in [-0.3, -0.25) is 0 Å². The van der Waals surface area contributed by atoms with Gasteiger partial charge in [-0.2, -0.15) is 0 Å². The van der Waals surface area contributed by atoms with Crippen LogP contribution >= 0.6 is 0 Å². The van der Waals surface area contributed by atoms with E-state index in [-0.39, 0.29) is 5.54 Å². The van der Waals surface area contributed by atoms with Crippen molar-refractivity contribution in [1.29, 1.82) is 0 Å². The van der Waals surface area contributed by atoms with Crippen LogP contribution in [-0.4, -0.2) is 31.8 Å². The van der Waals surface area contributed by atoms with Crippen molar-refractivity contribution in [2.75, 3.05) is 36.5 Å². The fraction of sp³-hybridized carbons (Fsp3) is 0.500. The van der Waals surface area contributed by atoms with Crippen molar-refractivity contribution < 1.29 is 4.74 Å². The number of anilines is 2. The van der Waals surface area contributed by atoms with Crippen LogP contribution in [0.1, 0.15) is 26.3 Å². The van der Waals surface area contributed by atoms with Gasteiger partial charge in [-0.15, -0.1) is 0 Å². The van der Waals surface area contributed by atoms with Gasteiger partial charge in [-0.25, -0.2) is 0 Å². The number of hydrogen-bond donors (Lipinski definition) is 1. The molecule has 0 bridgehead atoms. The van der Waals surface area contributed by atoms with Crippen LogP contribution in [0.4, 0.5) is 11.4 Å². The Morgan fingerprint density at radius 1 is 1.21 bits per heavy atom. The van der Waals surface area contributed by atoms with E-state index in [0.29, 0.717) is 0 Å². The molecular weight excluding hydrogens is 236 g/mol. The first-order chi connectivity index (χ1) is 9.05. The number of nitrogens with one attached hydrogen (secondary N) is 1. The first kappa shape index (κ1) is 12.5. The molecule has 0 aliphatic carbocycles. The molecule has 1 aromatic carbocycles. The van der Waals surface area contributed by atoms with Crippen LogP contribution in [0.25, 0.3) is 5.57 Å². The van der Waals surface area contributed by atoms with E-state index in [1.165, 1.54) is 22.5 Å². The molecule has 2 aliphatic rings. The lowest BCUT2D eigenvalue weighted by molar-refractivity contribution is 0.122. The predicted octanol–water partition coefficient (Wildman–Crippen LogP) is 3.13. The highest BCUT2D eigenvalue weighted by Crippen LogP contribution is 2.36. The van der Waals surface area contributed by atoms with Crippen LogP contribution in [0, 0.1) is 0 Å². The van der Waals surface area contributed by atoms with Gasteiger partial charge in [0.2, 0.25) is 0 Å². The summed E-state index contributed by atoms with van der Waals surface area (Å²) in [6.07, 6.45) is 2.30. The average Bonchev–Trinajstić information content (AvgIpc) is 2.38. The molecule has 0 aromatic heterocycles. The molecule has 0 atom stereocenters. The summed E-state index contributed by atoms with van der Waals surface area (Å²) in [5.74, 6) is 0. The summed E-state index contributed by atoms with van der Waals surface area (Å²) >= 11 is 0. The van der Waals surface area contributed by atoms with Gasteiger partial charge in [0.1, 0.15) is 0 Å². The Kier molecular flexibility index (Phi) is 3.02. The van der Waals surface area contributed by atoms with Gasteiger partial charge in [0.25, 0.3) is 0 Å². The minimum atomic E-state index is 0.0393. The minimum Gasteiger partial charge on any atom is -0.378 e. The minimum absolute atomic E-state index is 0.0393. The van der Waals surface area contributed by atoms with E-state index in [0.717, 1.165) is 26.3 Å². The number of morpholine rings is 1.